The number of hydrogen-bond donors (Lipinski definition) is 1. The van der Waals surface area contributed by atoms with E-state index in [4.69, 9.17) is 4.74 Å². The molecule has 0 aromatic rings. The molecule has 0 spiro atoms. The summed E-state index contributed by atoms with van der Waals surface area (Å²) in [6.45, 7) is 11.0. The van der Waals surface area contributed by atoms with E-state index in [1.807, 2.05) is 0 Å². The van der Waals surface area contributed by atoms with Crippen molar-refractivity contribution in [2.75, 3.05) is 39.4 Å². The topological polar surface area (TPSA) is 24.5 Å². The van der Waals surface area contributed by atoms with Crippen LogP contribution in [0.1, 0.15) is 33.1 Å². The second kappa shape index (κ2) is 6.72. The van der Waals surface area contributed by atoms with Crippen LogP contribution < -0.4 is 5.32 Å². The molecule has 17 heavy (non-hydrogen) atoms. The minimum atomic E-state index is 0.650. The molecule has 2 rings (SSSR count). The maximum atomic E-state index is 5.56. The first-order valence-corrected chi connectivity index (χ1v) is 7.28. The largest absolute Gasteiger partial charge is 0.380 e. The Balaban J connectivity index is 1.43. The van der Waals surface area contributed by atoms with Crippen LogP contribution in [0.2, 0.25) is 0 Å². The lowest BCUT2D eigenvalue weighted by atomic mass is 10.1. The first-order chi connectivity index (χ1) is 8.25. The van der Waals surface area contributed by atoms with E-state index in [9.17, 15) is 0 Å². The van der Waals surface area contributed by atoms with Crippen molar-refractivity contribution in [2.45, 2.75) is 39.2 Å². The molecule has 1 saturated carbocycles. The van der Waals surface area contributed by atoms with Gasteiger partial charge in [-0.25, -0.2) is 0 Å². The summed E-state index contributed by atoms with van der Waals surface area (Å²) in [7, 11) is 0. The molecule has 2 aliphatic rings. The van der Waals surface area contributed by atoms with Crippen LogP contribution in [0, 0.1) is 11.8 Å². The Morgan fingerprint density at radius 2 is 2.12 bits per heavy atom. The minimum absolute atomic E-state index is 0.650. The monoisotopic (exact) mass is 240 g/mol. The van der Waals surface area contributed by atoms with Gasteiger partial charge in [-0.2, -0.15) is 0 Å². The van der Waals surface area contributed by atoms with Crippen molar-refractivity contribution >= 4 is 0 Å². The Morgan fingerprint density at radius 1 is 1.29 bits per heavy atom. The van der Waals surface area contributed by atoms with Gasteiger partial charge in [-0.15, -0.1) is 0 Å². The molecule has 1 aliphatic heterocycles. The molecule has 0 aromatic heterocycles. The van der Waals surface area contributed by atoms with Gasteiger partial charge >= 0.3 is 0 Å². The third kappa shape index (κ3) is 4.94. The van der Waals surface area contributed by atoms with Gasteiger partial charge in [-0.1, -0.05) is 13.8 Å². The molecule has 1 heterocycles. The van der Waals surface area contributed by atoms with Crippen LogP contribution >= 0.6 is 0 Å². The minimum Gasteiger partial charge on any atom is -0.380 e. The maximum absolute atomic E-state index is 5.56. The molecule has 3 heteroatoms. The van der Waals surface area contributed by atoms with Crippen LogP contribution in [0.25, 0.3) is 0 Å². The van der Waals surface area contributed by atoms with Crippen LogP contribution in [-0.4, -0.2) is 50.3 Å². The predicted octanol–water partition coefficient (Wildman–Crippen LogP) is 1.73. The number of ether oxygens (including phenoxy) is 1. The number of likely N-dealkylation sites (tertiary alicyclic amines) is 1. The van der Waals surface area contributed by atoms with E-state index in [1.54, 1.807) is 0 Å². The lowest BCUT2D eigenvalue weighted by molar-refractivity contribution is 0.111. The summed E-state index contributed by atoms with van der Waals surface area (Å²) in [4.78, 5) is 2.68. The average Bonchev–Trinajstić information content (AvgIpc) is 3.04. The molecule has 3 nitrogen and oxygen atoms in total. The molecule has 0 aromatic carbocycles. The molecule has 1 saturated heterocycles. The Morgan fingerprint density at radius 3 is 2.82 bits per heavy atom. The summed E-state index contributed by atoms with van der Waals surface area (Å²) in [5.41, 5.74) is 0. The van der Waals surface area contributed by atoms with Crippen LogP contribution in [0.15, 0.2) is 0 Å². The summed E-state index contributed by atoms with van der Waals surface area (Å²) in [5, 5.41) is 3.53. The van der Waals surface area contributed by atoms with Crippen molar-refractivity contribution in [1.82, 2.24) is 10.2 Å². The maximum Gasteiger partial charge on any atom is 0.0591 e. The molecule has 0 amide bonds. The molecule has 1 aliphatic carbocycles. The van der Waals surface area contributed by atoms with Crippen molar-refractivity contribution < 1.29 is 4.74 Å². The van der Waals surface area contributed by atoms with Crippen LogP contribution in [-0.2, 0) is 4.74 Å². The van der Waals surface area contributed by atoms with Gasteiger partial charge in [0.2, 0.25) is 0 Å². The molecule has 2 fully saturated rings. The van der Waals surface area contributed by atoms with Crippen molar-refractivity contribution in [3.05, 3.63) is 0 Å². The van der Waals surface area contributed by atoms with Gasteiger partial charge in [-0.05, 0) is 44.2 Å². The highest BCUT2D eigenvalue weighted by Crippen LogP contribution is 2.31. The van der Waals surface area contributed by atoms with Crippen molar-refractivity contribution in [3.8, 4) is 0 Å². The second-order valence-corrected chi connectivity index (χ2v) is 6.05. The fraction of sp³-hybridized carbons (Fsp3) is 1.00. The molecule has 1 N–H and O–H groups in total. The first-order valence-electron chi connectivity index (χ1n) is 7.28. The smallest absolute Gasteiger partial charge is 0.0591 e. The molecule has 1 atom stereocenters. The highest BCUT2D eigenvalue weighted by Gasteiger charge is 2.33. The Kier molecular flexibility index (Phi) is 5.26. The van der Waals surface area contributed by atoms with Gasteiger partial charge in [0.1, 0.15) is 0 Å². The normalized spacial score (nSPS) is 25.9. The zero-order valence-corrected chi connectivity index (χ0v) is 11.5. The molecular weight excluding hydrogens is 212 g/mol. The highest BCUT2D eigenvalue weighted by molar-refractivity contribution is 4.89. The molecule has 1 unspecified atom stereocenters. The van der Waals surface area contributed by atoms with E-state index < -0.39 is 0 Å². The van der Waals surface area contributed by atoms with Gasteiger partial charge in [-0.3, -0.25) is 0 Å². The van der Waals surface area contributed by atoms with E-state index >= 15 is 0 Å². The predicted molar refractivity (Wildman–Crippen MR) is 71.2 cm³/mol. The van der Waals surface area contributed by atoms with Crippen LogP contribution in [0.4, 0.5) is 0 Å². The molecule has 0 radical (unpaired) electrons. The van der Waals surface area contributed by atoms with Crippen molar-refractivity contribution in [2.24, 2.45) is 11.8 Å². The Bertz CT molecular complexity index is 216. The van der Waals surface area contributed by atoms with Gasteiger partial charge in [0.15, 0.2) is 0 Å². The summed E-state index contributed by atoms with van der Waals surface area (Å²) in [5.74, 6) is 1.53. The Labute approximate surface area is 106 Å². The number of hydrogen-bond acceptors (Lipinski definition) is 3. The van der Waals surface area contributed by atoms with Crippen LogP contribution in [0.5, 0.6) is 0 Å². The van der Waals surface area contributed by atoms with E-state index in [0.29, 0.717) is 5.92 Å². The molecular formula is C14H28N2O. The highest BCUT2D eigenvalue weighted by atomic mass is 16.5. The van der Waals surface area contributed by atoms with Crippen molar-refractivity contribution in [3.63, 3.8) is 0 Å². The molecule has 100 valence electrons. The van der Waals surface area contributed by atoms with Gasteiger partial charge in [0.25, 0.3) is 0 Å². The third-order valence-corrected chi connectivity index (χ3v) is 3.69. The lowest BCUT2D eigenvalue weighted by Gasteiger charge is -2.15. The van der Waals surface area contributed by atoms with Crippen LogP contribution in [0.3, 0.4) is 0 Å². The number of rotatable bonds is 8. The fourth-order valence-electron chi connectivity index (χ4n) is 2.57. The van der Waals surface area contributed by atoms with Gasteiger partial charge in [0, 0.05) is 25.7 Å². The lowest BCUT2D eigenvalue weighted by Crippen LogP contribution is -2.29. The van der Waals surface area contributed by atoms with E-state index in [1.165, 1.54) is 38.9 Å². The number of nitrogens with zero attached hydrogens (tertiary/aromatic N) is 1. The summed E-state index contributed by atoms with van der Waals surface area (Å²) >= 11 is 0. The second-order valence-electron chi connectivity index (χ2n) is 6.05. The van der Waals surface area contributed by atoms with E-state index in [0.717, 1.165) is 31.7 Å². The van der Waals surface area contributed by atoms with Gasteiger partial charge in [0.05, 0.1) is 6.61 Å². The quantitative estimate of drug-likeness (QED) is 0.654. The van der Waals surface area contributed by atoms with E-state index in [-0.39, 0.29) is 0 Å². The zero-order valence-electron chi connectivity index (χ0n) is 11.5. The number of nitrogens with one attached hydrogen (secondary N) is 1. The van der Waals surface area contributed by atoms with E-state index in [2.05, 4.69) is 24.1 Å². The third-order valence-electron chi connectivity index (χ3n) is 3.69. The Hall–Kier alpha value is -0.120. The SMILES string of the molecule is CC(C)COCCNCC1CCN(C2CC2)C1. The average molecular weight is 240 g/mol. The fourth-order valence-corrected chi connectivity index (χ4v) is 2.57. The van der Waals surface area contributed by atoms with Gasteiger partial charge < -0.3 is 15.0 Å². The summed E-state index contributed by atoms with van der Waals surface area (Å²) in [6.07, 6.45) is 4.28. The molecule has 0 bridgehead atoms. The summed E-state index contributed by atoms with van der Waals surface area (Å²) < 4.78 is 5.56. The zero-order chi connectivity index (χ0) is 12.1. The summed E-state index contributed by atoms with van der Waals surface area (Å²) in [6, 6.07) is 0.953. The standard InChI is InChI=1S/C14H28N2O/c1-12(2)11-17-8-6-15-9-13-5-7-16(10-13)14-3-4-14/h12-15H,3-11H2,1-2H3. The van der Waals surface area contributed by atoms with Crippen molar-refractivity contribution in [1.29, 1.82) is 0 Å². The first kappa shape index (κ1) is 13.3.